The van der Waals surface area contributed by atoms with Crippen LogP contribution in [0.25, 0.3) is 5.57 Å². The van der Waals surface area contributed by atoms with Crippen LogP contribution in [0.15, 0.2) is 30.5 Å². The topological polar surface area (TPSA) is 69.5 Å². The monoisotopic (exact) mass is 415 g/mol. The fraction of sp³-hybridized carbons (Fsp3) is 0.519. The first-order valence-electron chi connectivity index (χ1n) is 11.6. The molecule has 1 aromatic carbocycles. The van der Waals surface area contributed by atoms with E-state index in [1.165, 1.54) is 55.0 Å². The van der Waals surface area contributed by atoms with Gasteiger partial charge < -0.3 is 4.98 Å². The Morgan fingerprint density at radius 2 is 2.03 bits per heavy atom. The van der Waals surface area contributed by atoms with E-state index in [1.54, 1.807) is 0 Å². The molecule has 0 amide bonds. The number of nitrogens with zero attached hydrogens (tertiary/aromatic N) is 2. The van der Waals surface area contributed by atoms with Gasteiger partial charge in [-0.2, -0.15) is 5.26 Å². The van der Waals surface area contributed by atoms with Gasteiger partial charge in [-0.15, -0.1) is 0 Å². The molecule has 4 heteroatoms. The summed E-state index contributed by atoms with van der Waals surface area (Å²) < 4.78 is 0. The van der Waals surface area contributed by atoms with E-state index in [0.29, 0.717) is 23.4 Å². The van der Waals surface area contributed by atoms with E-state index in [2.05, 4.69) is 55.0 Å². The van der Waals surface area contributed by atoms with Crippen molar-refractivity contribution >= 4 is 11.4 Å². The number of hydrogen-bond donors (Lipinski definition) is 1. The number of aromatic nitrogens is 2. The molecule has 2 aliphatic rings. The van der Waals surface area contributed by atoms with E-state index in [0.717, 1.165) is 24.3 Å². The molecule has 0 aliphatic heterocycles. The van der Waals surface area contributed by atoms with Crippen molar-refractivity contribution in [3.05, 3.63) is 58.7 Å². The maximum absolute atomic E-state index is 12.9. The molecule has 2 aliphatic carbocycles. The number of nitriles is 1. The van der Waals surface area contributed by atoms with Crippen LogP contribution in [0.5, 0.6) is 0 Å². The Labute approximate surface area is 185 Å². The third-order valence-electron chi connectivity index (χ3n) is 7.25. The summed E-state index contributed by atoms with van der Waals surface area (Å²) in [6.45, 7) is 7.01. The molecule has 1 N–H and O–H groups in total. The van der Waals surface area contributed by atoms with Crippen LogP contribution >= 0.6 is 0 Å². The van der Waals surface area contributed by atoms with Gasteiger partial charge in [-0.25, -0.2) is 4.98 Å². The fourth-order valence-corrected chi connectivity index (χ4v) is 4.99. The number of carbonyl (C=O) groups excluding carboxylic acids is 1. The van der Waals surface area contributed by atoms with Crippen molar-refractivity contribution in [2.75, 3.05) is 0 Å². The molecule has 1 saturated carbocycles. The third-order valence-corrected chi connectivity index (χ3v) is 7.25. The summed E-state index contributed by atoms with van der Waals surface area (Å²) in [5, 5.41) is 9.01. The molecular formula is C27H33N3O. The molecule has 0 bridgehead atoms. The van der Waals surface area contributed by atoms with Crippen molar-refractivity contribution in [3.63, 3.8) is 0 Å². The van der Waals surface area contributed by atoms with E-state index >= 15 is 0 Å². The minimum Gasteiger partial charge on any atom is -0.327 e. The molecule has 4 rings (SSSR count). The number of H-pyrrole nitrogens is 1. The average molecular weight is 416 g/mol. The minimum absolute atomic E-state index is 0.0706. The van der Waals surface area contributed by atoms with Crippen molar-refractivity contribution in [1.29, 1.82) is 5.26 Å². The Balaban J connectivity index is 1.64. The van der Waals surface area contributed by atoms with Crippen molar-refractivity contribution in [3.8, 4) is 6.07 Å². The Morgan fingerprint density at radius 1 is 1.26 bits per heavy atom. The van der Waals surface area contributed by atoms with Crippen molar-refractivity contribution in [2.24, 2.45) is 11.3 Å². The summed E-state index contributed by atoms with van der Waals surface area (Å²) in [6, 6.07) is 8.78. The zero-order chi connectivity index (χ0) is 22.0. The van der Waals surface area contributed by atoms with Crippen LogP contribution in [0.1, 0.15) is 105 Å². The van der Waals surface area contributed by atoms with E-state index in [-0.39, 0.29) is 11.6 Å². The highest BCUT2D eigenvalue weighted by Crippen LogP contribution is 2.41. The predicted molar refractivity (Wildman–Crippen MR) is 124 cm³/mol. The zero-order valence-electron chi connectivity index (χ0n) is 19.0. The van der Waals surface area contributed by atoms with Crippen LogP contribution in [-0.2, 0) is 6.42 Å². The molecule has 0 spiro atoms. The molecule has 2 aromatic rings. The van der Waals surface area contributed by atoms with Gasteiger partial charge >= 0.3 is 0 Å². The van der Waals surface area contributed by atoms with Crippen molar-refractivity contribution in [1.82, 2.24) is 9.97 Å². The molecular weight excluding hydrogens is 382 g/mol. The molecule has 0 unspecified atom stereocenters. The number of allylic oxidation sites excluding steroid dienone is 2. The summed E-state index contributed by atoms with van der Waals surface area (Å²) in [4.78, 5) is 19.8. The molecule has 31 heavy (non-hydrogen) atoms. The number of imidazole rings is 1. The number of aromatic amines is 1. The number of Topliss-reactive ketones (excluding diaryl/α,β-unsaturated/α-hetero) is 1. The highest BCUT2D eigenvalue weighted by molar-refractivity contribution is 5.95. The highest BCUT2D eigenvalue weighted by Gasteiger charge is 2.25. The lowest BCUT2D eigenvalue weighted by molar-refractivity contribution is 0.0984. The van der Waals surface area contributed by atoms with E-state index in [4.69, 9.17) is 5.26 Å². The number of rotatable bonds is 5. The van der Waals surface area contributed by atoms with Gasteiger partial charge in [0.25, 0.3) is 0 Å². The molecule has 1 aromatic heterocycles. The smallest absolute Gasteiger partial charge is 0.202 e. The average Bonchev–Trinajstić information content (AvgIpc) is 3.24. The normalized spacial score (nSPS) is 23.1. The van der Waals surface area contributed by atoms with Crippen LogP contribution in [0, 0.1) is 22.7 Å². The third kappa shape index (κ3) is 4.98. The summed E-state index contributed by atoms with van der Waals surface area (Å²) in [5.41, 5.74) is 5.78. The standard InChI is InChI=1S/C27H33N3O/c1-18-4-6-19(7-5-18)21-8-9-22(15-25(31)26-29-17-23(16-28)30-26)24(14-21)20-10-12-27(2,3)13-11-20/h8-10,14,17-19H,4-7,11-13,15H2,1-3H3,(H,29,30). The number of benzene rings is 1. The second kappa shape index (κ2) is 8.83. The number of ketones is 1. The SMILES string of the molecule is CC1CCC(c2ccc(CC(=O)c3ncc(C#N)[nH]3)c(C3=CCC(C)(C)CC3)c2)CC1. The summed E-state index contributed by atoms with van der Waals surface area (Å²) in [5.74, 6) is 1.66. The van der Waals surface area contributed by atoms with E-state index in [9.17, 15) is 4.79 Å². The van der Waals surface area contributed by atoms with Gasteiger partial charge in [0.15, 0.2) is 5.82 Å². The molecule has 1 heterocycles. The second-order valence-electron chi connectivity index (χ2n) is 10.3. The van der Waals surface area contributed by atoms with Gasteiger partial charge in [0.05, 0.1) is 6.20 Å². The minimum atomic E-state index is -0.0706. The summed E-state index contributed by atoms with van der Waals surface area (Å²) in [7, 11) is 0. The quantitative estimate of drug-likeness (QED) is 0.560. The molecule has 0 atom stereocenters. The first-order chi connectivity index (χ1) is 14.8. The van der Waals surface area contributed by atoms with Gasteiger partial charge in [-0.3, -0.25) is 4.79 Å². The molecule has 162 valence electrons. The largest absolute Gasteiger partial charge is 0.327 e. The Morgan fingerprint density at radius 3 is 2.68 bits per heavy atom. The molecule has 4 nitrogen and oxygen atoms in total. The zero-order valence-corrected chi connectivity index (χ0v) is 19.0. The van der Waals surface area contributed by atoms with Crippen molar-refractivity contribution < 1.29 is 4.79 Å². The molecule has 0 saturated heterocycles. The highest BCUT2D eigenvalue weighted by atomic mass is 16.1. The Hall–Kier alpha value is -2.67. The first kappa shape index (κ1) is 21.6. The predicted octanol–water partition coefficient (Wildman–Crippen LogP) is 6.59. The Kier molecular flexibility index (Phi) is 6.14. The lowest BCUT2D eigenvalue weighted by Gasteiger charge is -2.30. The second-order valence-corrected chi connectivity index (χ2v) is 10.3. The van der Waals surface area contributed by atoms with Crippen LogP contribution in [0.3, 0.4) is 0 Å². The fourth-order valence-electron chi connectivity index (χ4n) is 4.99. The lowest BCUT2D eigenvalue weighted by atomic mass is 9.75. The van der Waals surface area contributed by atoms with Gasteiger partial charge in [-0.05, 0) is 71.6 Å². The van der Waals surface area contributed by atoms with Crippen LogP contribution in [0.4, 0.5) is 0 Å². The Bertz CT molecular complexity index is 1030. The van der Waals surface area contributed by atoms with Crippen molar-refractivity contribution in [2.45, 2.75) is 78.1 Å². The lowest BCUT2D eigenvalue weighted by Crippen LogP contribution is -2.16. The van der Waals surface area contributed by atoms with Gasteiger partial charge in [0.2, 0.25) is 5.78 Å². The van der Waals surface area contributed by atoms with Crippen LogP contribution in [-0.4, -0.2) is 15.8 Å². The number of nitrogens with one attached hydrogen (secondary N) is 1. The molecule has 0 radical (unpaired) electrons. The molecule has 1 fully saturated rings. The van der Waals surface area contributed by atoms with Crippen LogP contribution in [0.2, 0.25) is 0 Å². The first-order valence-corrected chi connectivity index (χ1v) is 11.6. The van der Waals surface area contributed by atoms with E-state index < -0.39 is 0 Å². The van der Waals surface area contributed by atoms with Gasteiger partial charge in [-0.1, -0.05) is 57.9 Å². The maximum atomic E-state index is 12.9. The number of carbonyl (C=O) groups is 1. The number of hydrogen-bond acceptors (Lipinski definition) is 3. The van der Waals surface area contributed by atoms with Crippen LogP contribution < -0.4 is 0 Å². The summed E-state index contributed by atoms with van der Waals surface area (Å²) in [6.07, 6.45) is 12.5. The summed E-state index contributed by atoms with van der Waals surface area (Å²) >= 11 is 0. The van der Waals surface area contributed by atoms with Gasteiger partial charge in [0, 0.05) is 6.42 Å². The van der Waals surface area contributed by atoms with Gasteiger partial charge in [0.1, 0.15) is 11.8 Å². The van der Waals surface area contributed by atoms with E-state index in [1.807, 2.05) is 6.07 Å². The maximum Gasteiger partial charge on any atom is 0.202 e.